The number of halogens is 1. The number of unbranched alkanes of at least 4 members (excludes halogenated alkanes) is 2. The van der Waals surface area contributed by atoms with Crippen LogP contribution in [0.2, 0.25) is 0 Å². The quantitative estimate of drug-likeness (QED) is 0.302. The smallest absolute Gasteiger partial charge is 0.316 e. The van der Waals surface area contributed by atoms with Crippen LogP contribution in [0, 0.1) is 0 Å². The number of benzene rings is 1. The van der Waals surface area contributed by atoms with E-state index in [2.05, 4.69) is 26.7 Å². The van der Waals surface area contributed by atoms with Crippen molar-refractivity contribution in [1.82, 2.24) is 20.1 Å². The Balaban J connectivity index is 1.38. The van der Waals surface area contributed by atoms with Gasteiger partial charge < -0.3 is 14.2 Å². The highest BCUT2D eigenvalue weighted by Crippen LogP contribution is 2.38. The molecule has 0 aliphatic heterocycles. The maximum atomic E-state index is 13.2. The van der Waals surface area contributed by atoms with E-state index in [-0.39, 0.29) is 24.8 Å². The third-order valence-electron chi connectivity index (χ3n) is 5.91. The van der Waals surface area contributed by atoms with Gasteiger partial charge in [0.25, 0.3) is 0 Å². The molecule has 2 aromatic heterocycles. The Bertz CT molecular complexity index is 1140. The van der Waals surface area contributed by atoms with E-state index in [1.165, 1.54) is 7.11 Å². The van der Waals surface area contributed by atoms with Gasteiger partial charge in [-0.1, -0.05) is 30.3 Å². The van der Waals surface area contributed by atoms with Gasteiger partial charge in [-0.05, 0) is 43.4 Å². The lowest BCUT2D eigenvalue weighted by molar-refractivity contribution is -0.118. The van der Waals surface area contributed by atoms with Gasteiger partial charge in [0.2, 0.25) is 11.8 Å². The summed E-state index contributed by atoms with van der Waals surface area (Å²) in [5, 5.41) is 4.05. The molecule has 1 amide bonds. The fourth-order valence-electron chi connectivity index (χ4n) is 3.80. The number of anilines is 1. The monoisotopic (exact) mass is 479 g/mol. The van der Waals surface area contributed by atoms with Crippen molar-refractivity contribution in [2.24, 2.45) is 0 Å². The summed E-state index contributed by atoms with van der Waals surface area (Å²) in [5.74, 6) is 1.35. The summed E-state index contributed by atoms with van der Waals surface area (Å²) < 4.78 is 23.6. The van der Waals surface area contributed by atoms with Crippen molar-refractivity contribution >= 4 is 11.6 Å². The predicted octanol–water partition coefficient (Wildman–Crippen LogP) is 5.42. The van der Waals surface area contributed by atoms with E-state index in [1.54, 1.807) is 17.3 Å². The first-order valence-corrected chi connectivity index (χ1v) is 12.0. The van der Waals surface area contributed by atoms with Gasteiger partial charge in [-0.2, -0.15) is 4.98 Å². The van der Waals surface area contributed by atoms with Gasteiger partial charge in [-0.25, -0.2) is 14.4 Å². The molecule has 0 radical (unpaired) electrons. The molecular formula is C26H30FN5O3. The molecule has 4 rings (SSSR count). The number of ether oxygens (including phenoxy) is 1. The van der Waals surface area contributed by atoms with E-state index >= 15 is 0 Å². The van der Waals surface area contributed by atoms with Crippen LogP contribution in [-0.4, -0.2) is 39.7 Å². The highest BCUT2D eigenvalue weighted by molar-refractivity contribution is 5.94. The van der Waals surface area contributed by atoms with Gasteiger partial charge in [-0.3, -0.25) is 4.79 Å². The van der Waals surface area contributed by atoms with E-state index in [0.717, 1.165) is 61.2 Å². The first-order chi connectivity index (χ1) is 17.0. The summed E-state index contributed by atoms with van der Waals surface area (Å²) in [6.07, 6.45) is 9.03. The average Bonchev–Trinajstić information content (AvgIpc) is 3.62. The number of nitrogens with zero attached hydrogens (tertiary/aromatic N) is 5. The highest BCUT2D eigenvalue weighted by atomic mass is 19.1. The molecule has 0 atom stereocenters. The number of carbonyl (C=O) groups is 1. The molecule has 0 N–H and O–H groups in total. The number of hydrogen-bond acceptors (Lipinski definition) is 7. The topological polar surface area (TPSA) is 94.2 Å². The fraction of sp³-hybridized carbons (Fsp3) is 0.423. The van der Waals surface area contributed by atoms with Crippen LogP contribution in [0.1, 0.15) is 62.6 Å². The molecule has 1 aromatic carbocycles. The zero-order valence-electron chi connectivity index (χ0n) is 20.0. The molecule has 184 valence electrons. The van der Waals surface area contributed by atoms with Gasteiger partial charge in [0.15, 0.2) is 5.82 Å². The Labute approximate surface area is 204 Å². The minimum Gasteiger partial charge on any atom is -0.467 e. The molecule has 1 saturated carbocycles. The lowest BCUT2D eigenvalue weighted by Gasteiger charge is -2.23. The summed E-state index contributed by atoms with van der Waals surface area (Å²) in [6.45, 7) is 3.80. The number of allylic oxidation sites excluding steroid dienone is 1. The zero-order chi connectivity index (χ0) is 24.6. The molecule has 1 aliphatic rings. The number of carbonyl (C=O) groups excluding carboxylic acids is 1. The molecule has 0 saturated heterocycles. The van der Waals surface area contributed by atoms with Crippen LogP contribution in [-0.2, 0) is 11.2 Å². The molecule has 3 aromatic rings. The Morgan fingerprint density at radius 2 is 1.97 bits per heavy atom. The fourth-order valence-corrected chi connectivity index (χ4v) is 3.80. The minimum absolute atomic E-state index is 0.0157. The number of methoxy groups -OCH3 is 1. The predicted molar refractivity (Wildman–Crippen MR) is 130 cm³/mol. The molecule has 0 bridgehead atoms. The first kappa shape index (κ1) is 24.5. The van der Waals surface area contributed by atoms with Crippen molar-refractivity contribution in [3.05, 3.63) is 60.8 Å². The van der Waals surface area contributed by atoms with Crippen molar-refractivity contribution in [3.8, 4) is 17.1 Å². The molecule has 0 spiro atoms. The second kappa shape index (κ2) is 11.7. The van der Waals surface area contributed by atoms with Gasteiger partial charge in [0.05, 0.1) is 12.9 Å². The largest absolute Gasteiger partial charge is 0.467 e. The third-order valence-corrected chi connectivity index (χ3v) is 5.91. The van der Waals surface area contributed by atoms with Gasteiger partial charge >= 0.3 is 6.01 Å². The SMILES string of the molecule is C=C(F)CCC(=O)N(CCCCCc1nc(C2CC2)no1)c1cccc(-c2cnc(OC)nc2)c1. The van der Waals surface area contributed by atoms with Gasteiger partial charge in [0.1, 0.15) is 0 Å². The molecule has 1 aliphatic carbocycles. The van der Waals surface area contributed by atoms with Gasteiger partial charge in [-0.15, -0.1) is 0 Å². The van der Waals surface area contributed by atoms with E-state index < -0.39 is 5.83 Å². The van der Waals surface area contributed by atoms with E-state index in [4.69, 9.17) is 9.26 Å². The summed E-state index contributed by atoms with van der Waals surface area (Å²) >= 11 is 0. The number of hydrogen-bond donors (Lipinski definition) is 0. The van der Waals surface area contributed by atoms with Crippen LogP contribution >= 0.6 is 0 Å². The molecule has 8 nitrogen and oxygen atoms in total. The number of amides is 1. The average molecular weight is 480 g/mol. The van der Waals surface area contributed by atoms with Crippen molar-refractivity contribution in [3.63, 3.8) is 0 Å². The number of rotatable bonds is 13. The second-order valence-electron chi connectivity index (χ2n) is 8.70. The van der Waals surface area contributed by atoms with Crippen LogP contribution in [0.4, 0.5) is 10.1 Å². The number of aromatic nitrogens is 4. The minimum atomic E-state index is -0.493. The Hall–Kier alpha value is -3.62. The van der Waals surface area contributed by atoms with Crippen molar-refractivity contribution in [1.29, 1.82) is 0 Å². The molecule has 9 heteroatoms. The first-order valence-electron chi connectivity index (χ1n) is 12.0. The summed E-state index contributed by atoms with van der Waals surface area (Å²) in [7, 11) is 1.51. The normalized spacial score (nSPS) is 13.0. The Kier molecular flexibility index (Phi) is 8.18. The Morgan fingerprint density at radius 3 is 2.69 bits per heavy atom. The highest BCUT2D eigenvalue weighted by Gasteiger charge is 2.28. The third kappa shape index (κ3) is 6.94. The van der Waals surface area contributed by atoms with Crippen LogP contribution in [0.25, 0.3) is 11.1 Å². The summed E-state index contributed by atoms with van der Waals surface area (Å²) in [5.41, 5.74) is 2.43. The van der Waals surface area contributed by atoms with E-state index in [9.17, 15) is 9.18 Å². The maximum Gasteiger partial charge on any atom is 0.316 e. The van der Waals surface area contributed by atoms with Gasteiger partial charge in [0, 0.05) is 55.4 Å². The maximum absolute atomic E-state index is 13.2. The van der Waals surface area contributed by atoms with E-state index in [0.29, 0.717) is 18.4 Å². The van der Waals surface area contributed by atoms with Crippen LogP contribution < -0.4 is 9.64 Å². The van der Waals surface area contributed by atoms with Crippen molar-refractivity contribution in [2.75, 3.05) is 18.6 Å². The summed E-state index contributed by atoms with van der Waals surface area (Å²) in [4.78, 5) is 27.5. The second-order valence-corrected chi connectivity index (χ2v) is 8.70. The van der Waals surface area contributed by atoms with Crippen LogP contribution in [0.15, 0.2) is 53.6 Å². The molecule has 2 heterocycles. The molecule has 1 fully saturated rings. The molecular weight excluding hydrogens is 449 g/mol. The van der Waals surface area contributed by atoms with E-state index in [1.807, 2.05) is 24.3 Å². The Morgan fingerprint density at radius 1 is 1.17 bits per heavy atom. The zero-order valence-corrected chi connectivity index (χ0v) is 20.0. The molecule has 0 unspecified atom stereocenters. The lowest BCUT2D eigenvalue weighted by Crippen LogP contribution is -2.31. The standard InChI is InChI=1S/C26H30FN5O3/c1-18(27)10-13-24(33)32(14-5-3-4-9-23-30-25(31-35-23)19-11-12-19)22-8-6-7-20(15-22)21-16-28-26(34-2)29-17-21/h6-8,15-17,19H,1,3-5,9-14H2,2H3. The lowest BCUT2D eigenvalue weighted by atomic mass is 10.1. The van der Waals surface area contributed by atoms with Crippen molar-refractivity contribution in [2.45, 2.75) is 57.3 Å². The molecule has 35 heavy (non-hydrogen) atoms. The van der Waals surface area contributed by atoms with Crippen molar-refractivity contribution < 1.29 is 18.4 Å². The number of aryl methyl sites for hydroxylation is 1. The summed E-state index contributed by atoms with van der Waals surface area (Å²) in [6, 6.07) is 7.91. The van der Waals surface area contributed by atoms with Crippen LogP contribution in [0.5, 0.6) is 6.01 Å². The van der Waals surface area contributed by atoms with Crippen LogP contribution in [0.3, 0.4) is 0 Å².